The molecule has 2 aliphatic carbocycles. The van der Waals surface area contributed by atoms with Crippen LogP contribution in [0.1, 0.15) is 69.5 Å². The van der Waals surface area contributed by atoms with Crippen molar-refractivity contribution in [3.05, 3.63) is 35.9 Å². The normalized spacial score (nSPS) is 32.6. The van der Waals surface area contributed by atoms with E-state index in [1.165, 1.54) is 50.5 Å². The van der Waals surface area contributed by atoms with E-state index in [2.05, 4.69) is 40.5 Å². The molecule has 3 heteroatoms. The minimum absolute atomic E-state index is 0.0751. The zero-order chi connectivity index (χ0) is 15.6. The largest absolute Gasteiger partial charge is 0.320 e. The van der Waals surface area contributed by atoms with Gasteiger partial charge in [0.1, 0.15) is 6.17 Å². The summed E-state index contributed by atoms with van der Waals surface area (Å²) in [5.74, 6) is 0.639. The fourth-order valence-electron chi connectivity index (χ4n) is 4.87. The molecule has 1 saturated heterocycles. The summed E-state index contributed by atoms with van der Waals surface area (Å²) >= 11 is 0. The summed E-state index contributed by atoms with van der Waals surface area (Å²) in [6.45, 7) is 0. The minimum Gasteiger partial charge on any atom is -0.320 e. The lowest BCUT2D eigenvalue weighted by atomic mass is 9.79. The smallest absolute Gasteiger partial charge is 0.229 e. The molecule has 0 aromatic heterocycles. The molecule has 23 heavy (non-hydrogen) atoms. The molecule has 1 amide bonds. The van der Waals surface area contributed by atoms with E-state index in [0.717, 1.165) is 12.8 Å². The molecule has 0 bridgehead atoms. The van der Waals surface area contributed by atoms with Crippen LogP contribution < -0.4 is 5.32 Å². The Bertz CT molecular complexity index is 538. The second-order valence-electron chi connectivity index (χ2n) is 7.51. The van der Waals surface area contributed by atoms with Crippen molar-refractivity contribution in [2.24, 2.45) is 5.92 Å². The van der Waals surface area contributed by atoms with Gasteiger partial charge in [-0.2, -0.15) is 0 Å². The second-order valence-corrected chi connectivity index (χ2v) is 7.51. The van der Waals surface area contributed by atoms with Crippen LogP contribution in [0.4, 0.5) is 0 Å². The fourth-order valence-corrected chi connectivity index (χ4v) is 4.87. The monoisotopic (exact) mass is 312 g/mol. The van der Waals surface area contributed by atoms with Crippen molar-refractivity contribution < 1.29 is 4.79 Å². The molecule has 0 radical (unpaired) electrons. The molecule has 2 saturated carbocycles. The van der Waals surface area contributed by atoms with Crippen LogP contribution in [0.3, 0.4) is 0 Å². The summed E-state index contributed by atoms with van der Waals surface area (Å²) in [5, 5.41) is 3.85. The number of benzene rings is 1. The molecule has 3 atom stereocenters. The molecule has 124 valence electrons. The average molecular weight is 312 g/mol. The van der Waals surface area contributed by atoms with E-state index in [0.29, 0.717) is 18.0 Å². The SMILES string of the molecule is O=C1C2CCCCC2NC(c2ccccc2)N1C1CCCCC1. The molecule has 3 fully saturated rings. The third-order valence-corrected chi connectivity index (χ3v) is 6.07. The molecule has 0 spiro atoms. The van der Waals surface area contributed by atoms with Gasteiger partial charge in [0.25, 0.3) is 0 Å². The molecule has 1 heterocycles. The van der Waals surface area contributed by atoms with Crippen molar-refractivity contribution in [2.45, 2.75) is 76.0 Å². The Kier molecular flexibility index (Phi) is 4.39. The molecule has 4 rings (SSSR count). The zero-order valence-electron chi connectivity index (χ0n) is 13.9. The number of carbonyl (C=O) groups is 1. The van der Waals surface area contributed by atoms with Gasteiger partial charge >= 0.3 is 0 Å². The molecule has 1 N–H and O–H groups in total. The van der Waals surface area contributed by atoms with Gasteiger partial charge in [-0.3, -0.25) is 10.1 Å². The number of nitrogens with zero attached hydrogens (tertiary/aromatic N) is 1. The van der Waals surface area contributed by atoms with Crippen molar-refractivity contribution >= 4 is 5.91 Å². The summed E-state index contributed by atoms with van der Waals surface area (Å²) < 4.78 is 0. The lowest BCUT2D eigenvalue weighted by Crippen LogP contribution is -2.62. The first kappa shape index (κ1) is 15.2. The van der Waals surface area contributed by atoms with E-state index < -0.39 is 0 Å². The van der Waals surface area contributed by atoms with Gasteiger partial charge in [0.05, 0.1) is 5.92 Å². The van der Waals surface area contributed by atoms with Gasteiger partial charge in [-0.1, -0.05) is 62.4 Å². The van der Waals surface area contributed by atoms with Crippen LogP contribution in [0, 0.1) is 5.92 Å². The Labute approximate surface area is 139 Å². The molecule has 1 aliphatic heterocycles. The van der Waals surface area contributed by atoms with Crippen LogP contribution >= 0.6 is 0 Å². The first-order chi connectivity index (χ1) is 11.3. The first-order valence-electron chi connectivity index (χ1n) is 9.48. The van der Waals surface area contributed by atoms with Crippen LogP contribution in [-0.2, 0) is 4.79 Å². The lowest BCUT2D eigenvalue weighted by Gasteiger charge is -2.50. The highest BCUT2D eigenvalue weighted by atomic mass is 16.2. The Balaban J connectivity index is 1.66. The Morgan fingerprint density at radius 2 is 1.57 bits per heavy atom. The number of rotatable bonds is 2. The minimum atomic E-state index is 0.0751. The summed E-state index contributed by atoms with van der Waals surface area (Å²) in [6.07, 6.45) is 11.0. The standard InChI is InChI=1S/C20H28N2O/c23-20-17-13-7-8-14-18(17)21-19(15-9-3-1-4-10-15)22(20)16-11-5-2-6-12-16/h1,3-4,9-10,16-19,21H,2,5-8,11-14H2. The van der Waals surface area contributed by atoms with Crippen molar-refractivity contribution in [2.75, 3.05) is 0 Å². The van der Waals surface area contributed by atoms with Crippen LogP contribution in [-0.4, -0.2) is 22.9 Å². The number of amides is 1. The van der Waals surface area contributed by atoms with Crippen LogP contribution in [0.5, 0.6) is 0 Å². The number of carbonyl (C=O) groups excluding carboxylic acids is 1. The molecule has 1 aromatic carbocycles. The maximum Gasteiger partial charge on any atom is 0.229 e. The summed E-state index contributed by atoms with van der Waals surface area (Å²) in [4.78, 5) is 15.6. The lowest BCUT2D eigenvalue weighted by molar-refractivity contribution is -0.151. The predicted molar refractivity (Wildman–Crippen MR) is 91.8 cm³/mol. The topological polar surface area (TPSA) is 32.3 Å². The highest BCUT2D eigenvalue weighted by Gasteiger charge is 2.45. The number of fused-ring (bicyclic) bond motifs is 1. The fraction of sp³-hybridized carbons (Fsp3) is 0.650. The van der Waals surface area contributed by atoms with Gasteiger partial charge in [0.2, 0.25) is 5.91 Å². The summed E-state index contributed by atoms with van der Waals surface area (Å²) in [5.41, 5.74) is 1.25. The van der Waals surface area contributed by atoms with Gasteiger partial charge in [0.15, 0.2) is 0 Å². The first-order valence-corrected chi connectivity index (χ1v) is 9.48. The van der Waals surface area contributed by atoms with Crippen molar-refractivity contribution in [1.82, 2.24) is 10.2 Å². The van der Waals surface area contributed by atoms with Crippen molar-refractivity contribution in [1.29, 1.82) is 0 Å². The molecule has 3 unspecified atom stereocenters. The molecule has 3 aliphatic rings. The highest BCUT2D eigenvalue weighted by molar-refractivity contribution is 5.81. The van der Waals surface area contributed by atoms with E-state index in [9.17, 15) is 4.79 Å². The average Bonchev–Trinajstić information content (AvgIpc) is 2.63. The predicted octanol–water partition coefficient (Wildman–Crippen LogP) is 4.01. The van der Waals surface area contributed by atoms with E-state index in [1.54, 1.807) is 0 Å². The summed E-state index contributed by atoms with van der Waals surface area (Å²) in [6, 6.07) is 11.4. The molecular formula is C20H28N2O. The third kappa shape index (κ3) is 2.91. The summed E-state index contributed by atoms with van der Waals surface area (Å²) in [7, 11) is 0. The highest BCUT2D eigenvalue weighted by Crippen LogP contribution is 2.38. The van der Waals surface area contributed by atoms with Crippen molar-refractivity contribution in [3.63, 3.8) is 0 Å². The van der Waals surface area contributed by atoms with Gasteiger partial charge in [-0.15, -0.1) is 0 Å². The van der Waals surface area contributed by atoms with Gasteiger partial charge in [-0.05, 0) is 31.2 Å². The second kappa shape index (κ2) is 6.64. The number of nitrogens with one attached hydrogen (secondary N) is 1. The van der Waals surface area contributed by atoms with E-state index >= 15 is 0 Å². The Hall–Kier alpha value is -1.35. The number of hydrogen-bond acceptors (Lipinski definition) is 2. The van der Waals surface area contributed by atoms with Gasteiger partial charge in [-0.25, -0.2) is 0 Å². The van der Waals surface area contributed by atoms with Crippen molar-refractivity contribution in [3.8, 4) is 0 Å². The zero-order valence-corrected chi connectivity index (χ0v) is 13.9. The van der Waals surface area contributed by atoms with Gasteiger partial charge < -0.3 is 4.90 Å². The van der Waals surface area contributed by atoms with Crippen LogP contribution in [0.2, 0.25) is 0 Å². The molecule has 1 aromatic rings. The quantitative estimate of drug-likeness (QED) is 0.895. The molecular weight excluding hydrogens is 284 g/mol. The van der Waals surface area contributed by atoms with E-state index in [4.69, 9.17) is 0 Å². The Morgan fingerprint density at radius 3 is 2.35 bits per heavy atom. The Morgan fingerprint density at radius 1 is 0.870 bits per heavy atom. The number of hydrogen-bond donors (Lipinski definition) is 1. The van der Waals surface area contributed by atoms with E-state index in [1.807, 2.05) is 0 Å². The molecule has 3 nitrogen and oxygen atoms in total. The van der Waals surface area contributed by atoms with Crippen LogP contribution in [0.15, 0.2) is 30.3 Å². The maximum atomic E-state index is 13.3. The van der Waals surface area contributed by atoms with E-state index in [-0.39, 0.29) is 12.1 Å². The maximum absolute atomic E-state index is 13.3. The van der Waals surface area contributed by atoms with Crippen LogP contribution in [0.25, 0.3) is 0 Å². The third-order valence-electron chi connectivity index (χ3n) is 6.07. The van der Waals surface area contributed by atoms with Gasteiger partial charge in [0, 0.05) is 12.1 Å².